The number of carbonyl (C=O) groups excluding carboxylic acids is 1. The van der Waals surface area contributed by atoms with E-state index in [-0.39, 0.29) is 12.1 Å². The molecule has 1 aromatic carbocycles. The molecule has 6 nitrogen and oxygen atoms in total. The van der Waals surface area contributed by atoms with Gasteiger partial charge in [0.05, 0.1) is 12.2 Å². The zero-order valence-corrected chi connectivity index (χ0v) is 15.0. The second-order valence-electron chi connectivity index (χ2n) is 7.44. The molecule has 1 aromatic heterocycles. The Morgan fingerprint density at radius 1 is 1.28 bits per heavy atom. The Bertz CT molecular complexity index is 784. The standard InChI is InChI=1S/C19H25N5O/c1-22(2)19(25)21-18-15-7-5-4-6-14(15)16-11-24(12-17(16)18)10-13-8-20-23(3)9-13/h4-9,16-18H,10-12H2,1-3H3,(H,21,25)/t16-,17-,18-/m0/s1. The number of aromatic nitrogens is 2. The minimum absolute atomic E-state index is 0.0221. The normalized spacial score (nSPS) is 24.8. The van der Waals surface area contributed by atoms with E-state index >= 15 is 0 Å². The highest BCUT2D eigenvalue weighted by molar-refractivity contribution is 5.74. The third-order valence-corrected chi connectivity index (χ3v) is 5.45. The van der Waals surface area contributed by atoms with Crippen molar-refractivity contribution in [1.29, 1.82) is 0 Å². The van der Waals surface area contributed by atoms with Crippen LogP contribution in [0.15, 0.2) is 36.7 Å². The van der Waals surface area contributed by atoms with Crippen LogP contribution in [-0.2, 0) is 13.6 Å². The third-order valence-electron chi connectivity index (χ3n) is 5.45. The van der Waals surface area contributed by atoms with E-state index in [1.807, 2.05) is 17.9 Å². The van der Waals surface area contributed by atoms with E-state index in [1.165, 1.54) is 16.7 Å². The van der Waals surface area contributed by atoms with Crippen LogP contribution in [0.2, 0.25) is 0 Å². The van der Waals surface area contributed by atoms with Crippen LogP contribution in [0.3, 0.4) is 0 Å². The molecule has 1 saturated heterocycles. The Balaban J connectivity index is 1.56. The third kappa shape index (κ3) is 2.91. The van der Waals surface area contributed by atoms with Gasteiger partial charge in [0, 0.05) is 64.4 Å². The number of carbonyl (C=O) groups is 1. The number of likely N-dealkylation sites (tertiary alicyclic amines) is 1. The molecule has 6 heteroatoms. The largest absolute Gasteiger partial charge is 0.331 e. The van der Waals surface area contributed by atoms with Crippen LogP contribution in [0.25, 0.3) is 0 Å². The number of nitrogens with one attached hydrogen (secondary N) is 1. The highest BCUT2D eigenvalue weighted by atomic mass is 16.2. The lowest BCUT2D eigenvalue weighted by Gasteiger charge is -2.24. The van der Waals surface area contributed by atoms with Crippen LogP contribution in [0.1, 0.15) is 28.7 Å². The summed E-state index contributed by atoms with van der Waals surface area (Å²) in [6.45, 7) is 2.94. The van der Waals surface area contributed by atoms with Gasteiger partial charge in [-0.1, -0.05) is 24.3 Å². The molecule has 0 saturated carbocycles. The Morgan fingerprint density at radius 3 is 2.72 bits per heavy atom. The number of amides is 2. The van der Waals surface area contributed by atoms with Gasteiger partial charge >= 0.3 is 6.03 Å². The Morgan fingerprint density at radius 2 is 2.04 bits per heavy atom. The number of rotatable bonds is 3. The summed E-state index contributed by atoms with van der Waals surface area (Å²) in [4.78, 5) is 16.4. The van der Waals surface area contributed by atoms with Gasteiger partial charge in [-0.3, -0.25) is 9.58 Å². The fourth-order valence-electron chi connectivity index (χ4n) is 4.33. The summed E-state index contributed by atoms with van der Waals surface area (Å²) in [7, 11) is 5.53. The SMILES string of the molecule is CN(C)C(=O)N[C@H]1c2ccccc2[C@@H]2CN(Cc3cnn(C)c3)C[C@@H]21. The molecule has 4 rings (SSSR count). The molecule has 2 amide bonds. The lowest BCUT2D eigenvalue weighted by Crippen LogP contribution is -2.39. The van der Waals surface area contributed by atoms with Crippen molar-refractivity contribution in [2.75, 3.05) is 27.2 Å². The first-order chi connectivity index (χ1) is 12.0. The summed E-state index contributed by atoms with van der Waals surface area (Å²) in [6.07, 6.45) is 4.01. The topological polar surface area (TPSA) is 53.4 Å². The summed E-state index contributed by atoms with van der Waals surface area (Å²) in [5.41, 5.74) is 3.92. The van der Waals surface area contributed by atoms with Crippen molar-refractivity contribution >= 4 is 6.03 Å². The Hall–Kier alpha value is -2.34. The van der Waals surface area contributed by atoms with Crippen molar-refractivity contribution < 1.29 is 4.79 Å². The van der Waals surface area contributed by atoms with Gasteiger partial charge in [-0.05, 0) is 11.1 Å². The second-order valence-corrected chi connectivity index (χ2v) is 7.44. The first-order valence-electron chi connectivity index (χ1n) is 8.79. The Labute approximate surface area is 148 Å². The Kier molecular flexibility index (Phi) is 4.00. The van der Waals surface area contributed by atoms with E-state index in [4.69, 9.17) is 0 Å². The number of aryl methyl sites for hydroxylation is 1. The van der Waals surface area contributed by atoms with Gasteiger partial charge in [-0.15, -0.1) is 0 Å². The van der Waals surface area contributed by atoms with Crippen LogP contribution >= 0.6 is 0 Å². The van der Waals surface area contributed by atoms with Gasteiger partial charge < -0.3 is 10.2 Å². The highest BCUT2D eigenvalue weighted by Crippen LogP contribution is 2.49. The van der Waals surface area contributed by atoms with Crippen molar-refractivity contribution in [2.45, 2.75) is 18.5 Å². The van der Waals surface area contributed by atoms with Crippen molar-refractivity contribution in [3.05, 3.63) is 53.3 Å². The molecule has 2 aliphatic rings. The predicted octanol–water partition coefficient (Wildman–Crippen LogP) is 1.96. The number of hydrogen-bond donors (Lipinski definition) is 1. The van der Waals surface area contributed by atoms with E-state index in [2.05, 4.69) is 45.8 Å². The molecule has 3 atom stereocenters. The molecular formula is C19H25N5O. The average molecular weight is 339 g/mol. The van der Waals surface area contributed by atoms with E-state index in [0.29, 0.717) is 11.8 Å². The van der Waals surface area contributed by atoms with Gasteiger partial charge in [0.25, 0.3) is 0 Å². The maximum atomic E-state index is 12.3. The molecule has 0 bridgehead atoms. The minimum Gasteiger partial charge on any atom is -0.331 e. The fraction of sp³-hybridized carbons (Fsp3) is 0.474. The molecule has 2 aromatic rings. The van der Waals surface area contributed by atoms with Crippen LogP contribution < -0.4 is 5.32 Å². The molecular weight excluding hydrogens is 314 g/mol. The van der Waals surface area contributed by atoms with Gasteiger partial charge in [0.1, 0.15) is 0 Å². The van der Waals surface area contributed by atoms with Crippen LogP contribution in [0.5, 0.6) is 0 Å². The maximum Gasteiger partial charge on any atom is 0.317 e. The minimum atomic E-state index is -0.0221. The van der Waals surface area contributed by atoms with E-state index in [0.717, 1.165) is 19.6 Å². The molecule has 25 heavy (non-hydrogen) atoms. The van der Waals surface area contributed by atoms with Crippen molar-refractivity contribution in [3.8, 4) is 0 Å². The summed E-state index contributed by atoms with van der Waals surface area (Å²) in [5, 5.41) is 7.51. The van der Waals surface area contributed by atoms with Crippen molar-refractivity contribution in [1.82, 2.24) is 24.9 Å². The number of fused-ring (bicyclic) bond motifs is 3. The quantitative estimate of drug-likeness (QED) is 0.930. The number of benzene rings is 1. The molecule has 132 valence electrons. The number of nitrogens with zero attached hydrogens (tertiary/aromatic N) is 4. The molecule has 1 fully saturated rings. The fourth-order valence-corrected chi connectivity index (χ4v) is 4.33. The van der Waals surface area contributed by atoms with E-state index in [9.17, 15) is 4.79 Å². The average Bonchev–Trinajstić information content (AvgIpc) is 3.24. The van der Waals surface area contributed by atoms with Crippen LogP contribution in [0, 0.1) is 5.92 Å². The van der Waals surface area contributed by atoms with Gasteiger partial charge in [0.15, 0.2) is 0 Å². The monoisotopic (exact) mass is 339 g/mol. The zero-order valence-electron chi connectivity index (χ0n) is 15.0. The summed E-state index contributed by atoms with van der Waals surface area (Å²) < 4.78 is 1.85. The summed E-state index contributed by atoms with van der Waals surface area (Å²) >= 11 is 0. The van der Waals surface area contributed by atoms with Gasteiger partial charge in [-0.25, -0.2) is 4.79 Å². The molecule has 0 spiro atoms. The maximum absolute atomic E-state index is 12.3. The van der Waals surface area contributed by atoms with Gasteiger partial charge in [0.2, 0.25) is 0 Å². The van der Waals surface area contributed by atoms with Crippen LogP contribution in [0.4, 0.5) is 4.79 Å². The first kappa shape index (κ1) is 16.1. The molecule has 1 aliphatic carbocycles. The predicted molar refractivity (Wildman–Crippen MR) is 96.1 cm³/mol. The summed E-state index contributed by atoms with van der Waals surface area (Å²) in [5.74, 6) is 0.915. The zero-order chi connectivity index (χ0) is 17.6. The second kappa shape index (κ2) is 6.19. The molecule has 0 unspecified atom stereocenters. The molecule has 0 radical (unpaired) electrons. The van der Waals surface area contributed by atoms with Crippen molar-refractivity contribution in [2.24, 2.45) is 13.0 Å². The molecule has 1 N–H and O–H groups in total. The van der Waals surface area contributed by atoms with E-state index in [1.54, 1.807) is 19.0 Å². The lowest BCUT2D eigenvalue weighted by molar-refractivity contribution is 0.207. The first-order valence-corrected chi connectivity index (χ1v) is 8.79. The highest BCUT2D eigenvalue weighted by Gasteiger charge is 2.46. The number of hydrogen-bond acceptors (Lipinski definition) is 3. The van der Waals surface area contributed by atoms with Crippen LogP contribution in [-0.4, -0.2) is 52.8 Å². The lowest BCUT2D eigenvalue weighted by atomic mass is 9.94. The summed E-state index contributed by atoms with van der Waals surface area (Å²) in [6, 6.07) is 8.64. The molecule has 1 aliphatic heterocycles. The number of urea groups is 1. The van der Waals surface area contributed by atoms with Crippen molar-refractivity contribution in [3.63, 3.8) is 0 Å². The molecule has 2 heterocycles. The van der Waals surface area contributed by atoms with Gasteiger partial charge in [-0.2, -0.15) is 5.10 Å². The van der Waals surface area contributed by atoms with E-state index < -0.39 is 0 Å². The smallest absolute Gasteiger partial charge is 0.317 e.